The third-order valence-corrected chi connectivity index (χ3v) is 6.58. The number of ether oxygens (including phenoxy) is 1. The molecule has 0 amide bonds. The van der Waals surface area contributed by atoms with Crippen LogP contribution in [0.15, 0.2) is 33.6 Å². The Balaban J connectivity index is 1.68. The predicted octanol–water partition coefficient (Wildman–Crippen LogP) is 2.55. The van der Waals surface area contributed by atoms with Crippen LogP contribution in [0.3, 0.4) is 0 Å². The zero-order chi connectivity index (χ0) is 19.6. The van der Waals surface area contributed by atoms with Crippen LogP contribution in [-0.2, 0) is 14.8 Å². The topological polar surface area (TPSA) is 103 Å². The average molecular weight is 393 g/mol. The summed E-state index contributed by atoms with van der Waals surface area (Å²) < 4.78 is 37.5. The average Bonchev–Trinajstić information content (AvgIpc) is 3.18. The molecule has 1 saturated heterocycles. The van der Waals surface area contributed by atoms with E-state index in [4.69, 9.17) is 4.42 Å². The molecular weight excluding hydrogens is 370 g/mol. The molecule has 1 aromatic heterocycles. The number of carbonyl (C=O) groups excluding carboxylic acids is 1. The van der Waals surface area contributed by atoms with Gasteiger partial charge in [0.2, 0.25) is 21.8 Å². The molecule has 0 saturated carbocycles. The van der Waals surface area contributed by atoms with E-state index in [0.29, 0.717) is 43.3 Å². The van der Waals surface area contributed by atoms with Crippen molar-refractivity contribution in [3.05, 3.63) is 41.6 Å². The summed E-state index contributed by atoms with van der Waals surface area (Å²) in [5, 5.41) is 8.16. The fourth-order valence-electron chi connectivity index (χ4n) is 3.02. The van der Waals surface area contributed by atoms with Gasteiger partial charge in [-0.05, 0) is 37.1 Å². The van der Waals surface area contributed by atoms with E-state index in [1.807, 2.05) is 13.8 Å². The summed E-state index contributed by atoms with van der Waals surface area (Å²) in [6.07, 6.45) is 1.25. The monoisotopic (exact) mass is 393 g/mol. The molecule has 0 N–H and O–H groups in total. The number of hydrogen-bond acceptors (Lipinski definition) is 7. The van der Waals surface area contributed by atoms with Gasteiger partial charge in [0.1, 0.15) is 0 Å². The minimum atomic E-state index is -3.61. The molecule has 0 radical (unpaired) electrons. The lowest BCUT2D eigenvalue weighted by Gasteiger charge is -2.29. The number of rotatable bonds is 5. The molecule has 2 heterocycles. The second-order valence-electron chi connectivity index (χ2n) is 6.83. The van der Waals surface area contributed by atoms with Gasteiger partial charge in [0.15, 0.2) is 0 Å². The molecule has 27 heavy (non-hydrogen) atoms. The lowest BCUT2D eigenvalue weighted by molar-refractivity contribution is 0.0600. The van der Waals surface area contributed by atoms with Gasteiger partial charge < -0.3 is 9.15 Å². The third kappa shape index (κ3) is 4.03. The first-order valence-corrected chi connectivity index (χ1v) is 10.3. The molecule has 2 aromatic rings. The molecule has 0 atom stereocenters. The number of benzene rings is 1. The summed E-state index contributed by atoms with van der Waals surface area (Å²) in [5.41, 5.74) is 0.313. The van der Waals surface area contributed by atoms with Crippen molar-refractivity contribution < 1.29 is 22.4 Å². The number of methoxy groups -OCH3 is 1. The van der Waals surface area contributed by atoms with E-state index in [0.717, 1.165) is 0 Å². The van der Waals surface area contributed by atoms with Gasteiger partial charge in [-0.15, -0.1) is 10.2 Å². The van der Waals surface area contributed by atoms with Crippen LogP contribution in [0.1, 0.15) is 60.7 Å². The maximum atomic E-state index is 12.8. The van der Waals surface area contributed by atoms with E-state index in [1.54, 1.807) is 0 Å². The molecule has 1 aromatic carbocycles. The summed E-state index contributed by atoms with van der Waals surface area (Å²) in [5.74, 6) is 0.918. The van der Waals surface area contributed by atoms with Crippen LogP contribution in [-0.4, -0.2) is 49.1 Å². The summed E-state index contributed by atoms with van der Waals surface area (Å²) in [6.45, 7) is 4.73. The molecule has 3 rings (SSSR count). The molecule has 0 bridgehead atoms. The lowest BCUT2D eigenvalue weighted by Crippen LogP contribution is -2.38. The minimum Gasteiger partial charge on any atom is -0.465 e. The van der Waals surface area contributed by atoms with Crippen molar-refractivity contribution in [3.8, 4) is 0 Å². The highest BCUT2D eigenvalue weighted by Gasteiger charge is 2.32. The van der Waals surface area contributed by atoms with Crippen molar-refractivity contribution in [2.75, 3.05) is 20.2 Å². The Labute approximate surface area is 158 Å². The van der Waals surface area contributed by atoms with Gasteiger partial charge in [-0.3, -0.25) is 0 Å². The van der Waals surface area contributed by atoms with Gasteiger partial charge in [0.05, 0.1) is 17.6 Å². The maximum Gasteiger partial charge on any atom is 0.337 e. The molecular formula is C18H23N3O5S. The Kier molecular flexibility index (Phi) is 5.61. The van der Waals surface area contributed by atoms with Gasteiger partial charge in [-0.2, -0.15) is 4.31 Å². The minimum absolute atomic E-state index is 0.0677. The van der Waals surface area contributed by atoms with E-state index in [-0.39, 0.29) is 16.7 Å². The molecule has 9 heteroatoms. The van der Waals surface area contributed by atoms with Crippen LogP contribution < -0.4 is 0 Å². The van der Waals surface area contributed by atoms with Crippen molar-refractivity contribution >= 4 is 16.0 Å². The summed E-state index contributed by atoms with van der Waals surface area (Å²) in [7, 11) is -2.33. The van der Waals surface area contributed by atoms with Gasteiger partial charge in [0, 0.05) is 24.9 Å². The number of piperidine rings is 1. The quantitative estimate of drug-likeness (QED) is 0.719. The lowest BCUT2D eigenvalue weighted by atomic mass is 9.98. The van der Waals surface area contributed by atoms with Gasteiger partial charge in [-0.1, -0.05) is 13.8 Å². The standard InChI is InChI=1S/C18H23N3O5S/c1-12(2)16-19-20-17(26-16)13-8-10-21(11-9-13)27(23,24)15-6-4-14(5-7-15)18(22)25-3/h4-7,12-13H,8-11H2,1-3H3. The smallest absolute Gasteiger partial charge is 0.337 e. The van der Waals surface area contributed by atoms with E-state index >= 15 is 0 Å². The molecule has 1 aliphatic heterocycles. The fourth-order valence-corrected chi connectivity index (χ4v) is 4.49. The third-order valence-electron chi connectivity index (χ3n) is 4.67. The molecule has 8 nitrogen and oxygen atoms in total. The Morgan fingerprint density at radius 3 is 2.33 bits per heavy atom. The van der Waals surface area contributed by atoms with Crippen LogP contribution >= 0.6 is 0 Å². The molecule has 0 aliphatic carbocycles. The fraction of sp³-hybridized carbons (Fsp3) is 0.500. The number of hydrogen-bond donors (Lipinski definition) is 0. The van der Waals surface area contributed by atoms with Crippen LogP contribution in [0.25, 0.3) is 0 Å². The van der Waals surface area contributed by atoms with Crippen molar-refractivity contribution in [1.82, 2.24) is 14.5 Å². The van der Waals surface area contributed by atoms with Gasteiger partial charge >= 0.3 is 5.97 Å². The highest BCUT2D eigenvalue weighted by atomic mass is 32.2. The number of sulfonamides is 1. The van der Waals surface area contributed by atoms with E-state index in [2.05, 4.69) is 14.9 Å². The SMILES string of the molecule is COC(=O)c1ccc(S(=O)(=O)N2CCC(c3nnc(C(C)C)o3)CC2)cc1. The second-order valence-corrected chi connectivity index (χ2v) is 8.77. The first-order valence-electron chi connectivity index (χ1n) is 8.84. The second kappa shape index (κ2) is 7.77. The normalized spacial score (nSPS) is 16.6. The Morgan fingerprint density at radius 1 is 1.19 bits per heavy atom. The molecule has 1 fully saturated rings. The Hall–Kier alpha value is -2.26. The number of nitrogens with zero attached hydrogens (tertiary/aromatic N) is 3. The summed E-state index contributed by atoms with van der Waals surface area (Å²) in [6, 6.07) is 5.77. The predicted molar refractivity (Wildman–Crippen MR) is 96.9 cm³/mol. The Bertz CT molecular complexity index is 897. The largest absolute Gasteiger partial charge is 0.465 e. The summed E-state index contributed by atoms with van der Waals surface area (Å²) >= 11 is 0. The van der Waals surface area contributed by atoms with Gasteiger partial charge in [0.25, 0.3) is 0 Å². The first-order chi connectivity index (χ1) is 12.8. The van der Waals surface area contributed by atoms with Crippen LogP contribution in [0, 0.1) is 0 Å². The maximum absolute atomic E-state index is 12.8. The van der Waals surface area contributed by atoms with Crippen molar-refractivity contribution in [2.24, 2.45) is 0 Å². The van der Waals surface area contributed by atoms with E-state index in [9.17, 15) is 13.2 Å². The zero-order valence-corrected chi connectivity index (χ0v) is 16.4. The molecule has 0 unspecified atom stereocenters. The zero-order valence-electron chi connectivity index (χ0n) is 15.6. The number of carbonyl (C=O) groups is 1. The number of esters is 1. The Morgan fingerprint density at radius 2 is 1.81 bits per heavy atom. The highest BCUT2D eigenvalue weighted by Crippen LogP contribution is 2.31. The van der Waals surface area contributed by atoms with E-state index in [1.165, 1.54) is 35.7 Å². The highest BCUT2D eigenvalue weighted by molar-refractivity contribution is 7.89. The van der Waals surface area contributed by atoms with Crippen LogP contribution in [0.5, 0.6) is 0 Å². The first kappa shape index (κ1) is 19.5. The van der Waals surface area contributed by atoms with Crippen LogP contribution in [0.2, 0.25) is 0 Å². The number of aromatic nitrogens is 2. The van der Waals surface area contributed by atoms with E-state index < -0.39 is 16.0 Å². The molecule has 146 valence electrons. The molecule has 0 spiro atoms. The summed E-state index contributed by atoms with van der Waals surface area (Å²) in [4.78, 5) is 11.6. The van der Waals surface area contributed by atoms with Crippen molar-refractivity contribution in [1.29, 1.82) is 0 Å². The molecule has 1 aliphatic rings. The van der Waals surface area contributed by atoms with Crippen molar-refractivity contribution in [2.45, 2.75) is 43.4 Å². The van der Waals surface area contributed by atoms with Crippen molar-refractivity contribution in [3.63, 3.8) is 0 Å². The van der Waals surface area contributed by atoms with Gasteiger partial charge in [-0.25, -0.2) is 13.2 Å². The van der Waals surface area contributed by atoms with Crippen LogP contribution in [0.4, 0.5) is 0 Å².